The van der Waals surface area contributed by atoms with Gasteiger partial charge in [-0.25, -0.2) is 9.78 Å². The molecule has 0 aliphatic heterocycles. The predicted octanol–water partition coefficient (Wildman–Crippen LogP) is 1.52. The zero-order chi connectivity index (χ0) is 15.1. The summed E-state index contributed by atoms with van der Waals surface area (Å²) in [5.74, 6) is -1.23. The van der Waals surface area contributed by atoms with Crippen molar-refractivity contribution in [2.24, 2.45) is 0 Å². The lowest BCUT2D eigenvalue weighted by atomic mass is 10.1. The molecule has 7 heteroatoms. The van der Waals surface area contributed by atoms with Gasteiger partial charge < -0.3 is 10.4 Å². The number of thioether (sulfide) groups is 1. The second kappa shape index (κ2) is 7.50. The molecule has 0 saturated heterocycles. The van der Waals surface area contributed by atoms with Crippen molar-refractivity contribution < 1.29 is 14.7 Å². The number of nitrogens with zero attached hydrogens (tertiary/aromatic N) is 2. The number of hydrogen-bond donors (Lipinski definition) is 2. The fourth-order valence-electron chi connectivity index (χ4n) is 1.61. The SMILES string of the molecule is Cc1cc(C)c(C(=O)O)c(SCC(=O)NCCC#N)n1. The number of amides is 1. The van der Waals surface area contributed by atoms with E-state index >= 15 is 0 Å². The Kier molecular flexibility index (Phi) is 6.00. The van der Waals surface area contributed by atoms with Crippen molar-refractivity contribution >= 4 is 23.6 Å². The lowest BCUT2D eigenvalue weighted by Gasteiger charge is -2.09. The molecule has 1 heterocycles. The number of rotatable bonds is 6. The van der Waals surface area contributed by atoms with Gasteiger partial charge in [0.05, 0.1) is 23.8 Å². The number of carbonyl (C=O) groups is 2. The molecule has 2 N–H and O–H groups in total. The normalized spacial score (nSPS) is 9.85. The first-order valence-electron chi connectivity index (χ1n) is 5.93. The second-order valence-electron chi connectivity index (χ2n) is 4.11. The van der Waals surface area contributed by atoms with Gasteiger partial charge in [0, 0.05) is 12.2 Å². The molecular weight excluding hydrogens is 278 g/mol. The highest BCUT2D eigenvalue weighted by molar-refractivity contribution is 8.00. The number of pyridine rings is 1. The number of nitrogens with one attached hydrogen (secondary N) is 1. The molecule has 0 atom stereocenters. The minimum Gasteiger partial charge on any atom is -0.478 e. The van der Waals surface area contributed by atoms with E-state index < -0.39 is 5.97 Å². The van der Waals surface area contributed by atoms with E-state index in [1.807, 2.05) is 6.07 Å². The molecule has 0 bridgehead atoms. The maximum atomic E-state index is 11.5. The van der Waals surface area contributed by atoms with Gasteiger partial charge in [-0.2, -0.15) is 5.26 Å². The summed E-state index contributed by atoms with van der Waals surface area (Å²) in [5.41, 5.74) is 1.46. The van der Waals surface area contributed by atoms with E-state index in [0.29, 0.717) is 22.8 Å². The molecule has 0 saturated carbocycles. The largest absolute Gasteiger partial charge is 0.478 e. The average molecular weight is 293 g/mol. The standard InChI is InChI=1S/C13H15N3O3S/c1-8-6-9(2)16-12(11(8)13(18)19)20-7-10(17)15-5-3-4-14/h6H,3,5,7H2,1-2H3,(H,15,17)(H,18,19). The smallest absolute Gasteiger partial charge is 0.338 e. The van der Waals surface area contributed by atoms with Crippen LogP contribution in [0.1, 0.15) is 28.0 Å². The highest BCUT2D eigenvalue weighted by atomic mass is 32.2. The molecule has 0 aliphatic carbocycles. The van der Waals surface area contributed by atoms with Crippen molar-refractivity contribution in [3.8, 4) is 6.07 Å². The van der Waals surface area contributed by atoms with Crippen molar-refractivity contribution in [3.63, 3.8) is 0 Å². The van der Waals surface area contributed by atoms with Crippen LogP contribution in [0, 0.1) is 25.2 Å². The summed E-state index contributed by atoms with van der Waals surface area (Å²) in [5, 5.41) is 20.5. The summed E-state index contributed by atoms with van der Waals surface area (Å²) < 4.78 is 0. The Morgan fingerprint density at radius 1 is 1.50 bits per heavy atom. The third kappa shape index (κ3) is 4.55. The van der Waals surface area contributed by atoms with E-state index in [1.54, 1.807) is 19.9 Å². The topological polar surface area (TPSA) is 103 Å². The van der Waals surface area contributed by atoms with Crippen LogP contribution in [-0.2, 0) is 4.79 Å². The average Bonchev–Trinajstić information content (AvgIpc) is 2.35. The van der Waals surface area contributed by atoms with Crippen molar-refractivity contribution in [3.05, 3.63) is 22.9 Å². The Hall–Kier alpha value is -2.07. The lowest BCUT2D eigenvalue weighted by Crippen LogP contribution is -2.26. The van der Waals surface area contributed by atoms with Crippen LogP contribution in [0.15, 0.2) is 11.1 Å². The second-order valence-corrected chi connectivity index (χ2v) is 5.08. The molecule has 20 heavy (non-hydrogen) atoms. The number of aryl methyl sites for hydroxylation is 2. The molecule has 1 aromatic heterocycles. The van der Waals surface area contributed by atoms with Crippen LogP contribution in [0.4, 0.5) is 0 Å². The molecule has 0 aliphatic rings. The molecule has 1 amide bonds. The van der Waals surface area contributed by atoms with Crippen molar-refractivity contribution in [1.29, 1.82) is 5.26 Å². The third-order valence-electron chi connectivity index (χ3n) is 2.42. The van der Waals surface area contributed by atoms with Gasteiger partial charge in [0.15, 0.2) is 0 Å². The summed E-state index contributed by atoms with van der Waals surface area (Å²) >= 11 is 1.08. The molecule has 1 rings (SSSR count). The zero-order valence-electron chi connectivity index (χ0n) is 11.3. The number of carbonyl (C=O) groups excluding carboxylic acids is 1. The highest BCUT2D eigenvalue weighted by Gasteiger charge is 2.17. The minimum atomic E-state index is -1.05. The van der Waals surface area contributed by atoms with Gasteiger partial charge in [-0.3, -0.25) is 4.79 Å². The Bertz CT molecular complexity index is 567. The van der Waals surface area contributed by atoms with Gasteiger partial charge >= 0.3 is 5.97 Å². The Balaban J connectivity index is 2.75. The van der Waals surface area contributed by atoms with Gasteiger partial charge in [0.2, 0.25) is 5.91 Å². The number of nitriles is 1. The molecule has 0 radical (unpaired) electrons. The van der Waals surface area contributed by atoms with Crippen molar-refractivity contribution in [1.82, 2.24) is 10.3 Å². The quantitative estimate of drug-likeness (QED) is 0.609. The number of carboxylic acid groups (broad SMARTS) is 1. The van der Waals surface area contributed by atoms with Gasteiger partial charge in [-0.1, -0.05) is 11.8 Å². The summed E-state index contributed by atoms with van der Waals surface area (Å²) in [6.45, 7) is 3.77. The van der Waals surface area contributed by atoms with Crippen molar-refractivity contribution in [2.75, 3.05) is 12.3 Å². The van der Waals surface area contributed by atoms with Crippen LogP contribution < -0.4 is 5.32 Å². The summed E-state index contributed by atoms with van der Waals surface area (Å²) in [7, 11) is 0. The summed E-state index contributed by atoms with van der Waals surface area (Å²) in [6.07, 6.45) is 0.249. The van der Waals surface area contributed by atoms with E-state index in [-0.39, 0.29) is 23.6 Å². The van der Waals surface area contributed by atoms with E-state index in [4.69, 9.17) is 5.26 Å². The molecule has 106 valence electrons. The lowest BCUT2D eigenvalue weighted by molar-refractivity contribution is -0.118. The molecule has 0 unspecified atom stereocenters. The fraction of sp³-hybridized carbons (Fsp3) is 0.385. The molecule has 0 fully saturated rings. The molecular formula is C13H15N3O3S. The number of aromatic nitrogens is 1. The Labute approximate surface area is 121 Å². The number of hydrogen-bond acceptors (Lipinski definition) is 5. The van der Waals surface area contributed by atoms with Gasteiger partial charge in [-0.15, -0.1) is 0 Å². The Morgan fingerprint density at radius 3 is 2.80 bits per heavy atom. The van der Waals surface area contributed by atoms with E-state index in [0.717, 1.165) is 11.8 Å². The van der Waals surface area contributed by atoms with Gasteiger partial charge in [-0.05, 0) is 25.5 Å². The first-order chi connectivity index (χ1) is 9.45. The Morgan fingerprint density at radius 2 is 2.20 bits per heavy atom. The van der Waals surface area contributed by atoms with E-state index in [1.165, 1.54) is 0 Å². The van der Waals surface area contributed by atoms with Gasteiger partial charge in [0.1, 0.15) is 5.03 Å². The van der Waals surface area contributed by atoms with Gasteiger partial charge in [0.25, 0.3) is 0 Å². The zero-order valence-corrected chi connectivity index (χ0v) is 12.1. The maximum absolute atomic E-state index is 11.5. The minimum absolute atomic E-state index is 0.0710. The predicted molar refractivity (Wildman–Crippen MR) is 74.6 cm³/mol. The first-order valence-corrected chi connectivity index (χ1v) is 6.92. The van der Waals surface area contributed by atoms with Crippen LogP contribution >= 0.6 is 11.8 Å². The van der Waals surface area contributed by atoms with Crippen LogP contribution in [0.5, 0.6) is 0 Å². The van der Waals surface area contributed by atoms with Crippen LogP contribution in [-0.4, -0.2) is 34.3 Å². The highest BCUT2D eigenvalue weighted by Crippen LogP contribution is 2.24. The molecule has 1 aromatic rings. The first kappa shape index (κ1) is 16.0. The summed E-state index contributed by atoms with van der Waals surface area (Å²) in [6, 6.07) is 3.62. The van der Waals surface area contributed by atoms with Crippen LogP contribution in [0.25, 0.3) is 0 Å². The van der Waals surface area contributed by atoms with Crippen LogP contribution in [0.2, 0.25) is 0 Å². The molecule has 0 aromatic carbocycles. The van der Waals surface area contributed by atoms with Crippen LogP contribution in [0.3, 0.4) is 0 Å². The maximum Gasteiger partial charge on any atom is 0.338 e. The summed E-state index contributed by atoms with van der Waals surface area (Å²) in [4.78, 5) is 26.9. The van der Waals surface area contributed by atoms with Crippen molar-refractivity contribution in [2.45, 2.75) is 25.3 Å². The molecule has 6 nitrogen and oxygen atoms in total. The monoisotopic (exact) mass is 293 g/mol. The number of aromatic carboxylic acids is 1. The van der Waals surface area contributed by atoms with E-state index in [9.17, 15) is 14.7 Å². The third-order valence-corrected chi connectivity index (χ3v) is 3.40. The fourth-order valence-corrected chi connectivity index (χ4v) is 2.58. The number of carboxylic acids is 1. The van der Waals surface area contributed by atoms with E-state index in [2.05, 4.69) is 10.3 Å². The molecule has 0 spiro atoms.